The predicted molar refractivity (Wildman–Crippen MR) is 108 cm³/mol. The molecule has 1 atom stereocenters. The van der Waals surface area contributed by atoms with Gasteiger partial charge < -0.3 is 20.5 Å². The van der Waals surface area contributed by atoms with Crippen LogP contribution in [0.4, 0.5) is 4.79 Å². The van der Waals surface area contributed by atoms with Gasteiger partial charge in [-0.2, -0.15) is 0 Å². The summed E-state index contributed by atoms with van der Waals surface area (Å²) in [6.45, 7) is -0.130. The maximum absolute atomic E-state index is 12.2. The third-order valence-electron chi connectivity index (χ3n) is 3.91. The van der Waals surface area contributed by atoms with Gasteiger partial charge in [0.15, 0.2) is 0 Å². The first kappa shape index (κ1) is 21.7. The Morgan fingerprint density at radius 3 is 2.21 bits per heavy atom. The van der Waals surface area contributed by atoms with Crippen molar-refractivity contribution < 1.29 is 24.2 Å². The van der Waals surface area contributed by atoms with E-state index in [0.29, 0.717) is 6.42 Å². The molecule has 0 spiro atoms. The number of alkyl carbamates (subject to hydrolysis) is 1. The van der Waals surface area contributed by atoms with Gasteiger partial charge >= 0.3 is 12.1 Å². The first-order valence-corrected chi connectivity index (χ1v) is 9.19. The molecule has 2 rings (SSSR count). The van der Waals surface area contributed by atoms with E-state index in [9.17, 15) is 14.4 Å². The van der Waals surface area contributed by atoms with Crippen molar-refractivity contribution in [2.75, 3.05) is 6.54 Å². The molecule has 0 radical (unpaired) electrons. The molecule has 0 saturated heterocycles. The molecule has 2 amide bonds. The molecule has 0 aliphatic heterocycles. The molecule has 2 aromatic rings. The third kappa shape index (κ3) is 9.23. The second kappa shape index (κ2) is 12.0. The van der Waals surface area contributed by atoms with Crippen LogP contribution in [0, 0.1) is 0 Å². The van der Waals surface area contributed by atoms with E-state index in [2.05, 4.69) is 10.6 Å². The number of ether oxygens (including phenoxy) is 1. The lowest BCUT2D eigenvalue weighted by molar-refractivity contribution is -0.136. The molecule has 0 fully saturated rings. The van der Waals surface area contributed by atoms with Crippen molar-refractivity contribution in [3.8, 4) is 0 Å². The number of hydrogen-bond acceptors (Lipinski definition) is 4. The summed E-state index contributed by atoms with van der Waals surface area (Å²) in [5, 5.41) is 14.0. The highest BCUT2D eigenvalue weighted by molar-refractivity contribution is 5.82. The normalized spacial score (nSPS) is 11.6. The Kier molecular flexibility index (Phi) is 8.95. The second-order valence-electron chi connectivity index (χ2n) is 6.31. The molecule has 3 N–H and O–H groups in total. The molecule has 0 aromatic heterocycles. The number of carbonyl (C=O) groups is 3. The molecular weight excluding hydrogens is 372 g/mol. The van der Waals surface area contributed by atoms with Crippen molar-refractivity contribution in [1.82, 2.24) is 10.6 Å². The Morgan fingerprint density at radius 1 is 0.966 bits per heavy atom. The number of aliphatic carboxylic acids is 1. The quantitative estimate of drug-likeness (QED) is 0.536. The number of hydrogen-bond donors (Lipinski definition) is 3. The van der Waals surface area contributed by atoms with E-state index in [0.717, 1.165) is 11.1 Å². The molecule has 0 aliphatic rings. The van der Waals surface area contributed by atoms with Crippen LogP contribution in [-0.4, -0.2) is 35.7 Å². The second-order valence-corrected chi connectivity index (χ2v) is 6.31. The standard InChI is InChI=1S/C22H24N2O5/c25-20(15-23-22(28)29-16-18-10-5-2-6-11-18)24-19(12-7-13-21(26)27)14-17-8-3-1-4-9-17/h1-12,19H,13-16H2,(H,23,28)(H,24,25)(H,26,27)/b12-7-. The summed E-state index contributed by atoms with van der Waals surface area (Å²) in [7, 11) is 0. The highest BCUT2D eigenvalue weighted by atomic mass is 16.5. The van der Waals surface area contributed by atoms with Crippen LogP contribution >= 0.6 is 0 Å². The Labute approximate surface area is 169 Å². The summed E-state index contributed by atoms with van der Waals surface area (Å²) < 4.78 is 5.06. The zero-order valence-electron chi connectivity index (χ0n) is 15.9. The van der Waals surface area contributed by atoms with Crippen molar-refractivity contribution in [1.29, 1.82) is 0 Å². The molecule has 0 saturated carbocycles. The summed E-state index contributed by atoms with van der Waals surface area (Å²) >= 11 is 0. The van der Waals surface area contributed by atoms with Gasteiger partial charge in [-0.25, -0.2) is 4.79 Å². The number of rotatable bonds is 10. The number of benzene rings is 2. The molecule has 2 aromatic carbocycles. The molecule has 29 heavy (non-hydrogen) atoms. The number of amides is 2. The number of carboxylic acids is 1. The van der Waals surface area contributed by atoms with E-state index in [1.807, 2.05) is 60.7 Å². The van der Waals surface area contributed by atoms with Crippen LogP contribution in [0.2, 0.25) is 0 Å². The molecule has 0 bridgehead atoms. The van der Waals surface area contributed by atoms with Crippen molar-refractivity contribution in [3.63, 3.8) is 0 Å². The van der Waals surface area contributed by atoms with E-state index in [1.54, 1.807) is 6.08 Å². The Bertz CT molecular complexity index is 822. The van der Waals surface area contributed by atoms with Crippen LogP contribution in [0.3, 0.4) is 0 Å². The summed E-state index contributed by atoms with van der Waals surface area (Å²) in [4.78, 5) is 34.6. The van der Waals surface area contributed by atoms with Gasteiger partial charge in [0, 0.05) is 0 Å². The minimum Gasteiger partial charge on any atom is -0.481 e. The third-order valence-corrected chi connectivity index (χ3v) is 3.91. The molecule has 1 unspecified atom stereocenters. The zero-order chi connectivity index (χ0) is 20.9. The SMILES string of the molecule is O=C(O)C/C=C\C(Cc1ccccc1)NC(=O)CNC(=O)OCc1ccccc1. The van der Waals surface area contributed by atoms with Crippen molar-refractivity contribution >= 4 is 18.0 Å². The number of carbonyl (C=O) groups excluding carboxylic acids is 2. The highest BCUT2D eigenvalue weighted by Gasteiger charge is 2.12. The smallest absolute Gasteiger partial charge is 0.407 e. The summed E-state index contributed by atoms with van der Waals surface area (Å²) in [5.74, 6) is -1.35. The van der Waals surface area contributed by atoms with Crippen LogP contribution in [0.25, 0.3) is 0 Å². The van der Waals surface area contributed by atoms with Gasteiger partial charge in [0.05, 0.1) is 12.5 Å². The van der Waals surface area contributed by atoms with E-state index >= 15 is 0 Å². The fourth-order valence-electron chi connectivity index (χ4n) is 2.55. The molecule has 0 heterocycles. The predicted octanol–water partition coefficient (Wildman–Crippen LogP) is 2.67. The van der Waals surface area contributed by atoms with Gasteiger partial charge in [-0.1, -0.05) is 72.8 Å². The van der Waals surface area contributed by atoms with Crippen LogP contribution in [-0.2, 0) is 27.4 Å². The lowest BCUT2D eigenvalue weighted by Gasteiger charge is -2.16. The Hall–Kier alpha value is -3.61. The fourth-order valence-corrected chi connectivity index (χ4v) is 2.55. The van der Waals surface area contributed by atoms with Gasteiger partial charge in [0.1, 0.15) is 13.2 Å². The van der Waals surface area contributed by atoms with Crippen molar-refractivity contribution in [2.24, 2.45) is 0 Å². The first-order valence-electron chi connectivity index (χ1n) is 9.19. The number of nitrogens with one attached hydrogen (secondary N) is 2. The first-order chi connectivity index (χ1) is 14.0. The van der Waals surface area contributed by atoms with Gasteiger partial charge in [-0.05, 0) is 17.5 Å². The summed E-state index contributed by atoms with van der Waals surface area (Å²) in [6, 6.07) is 18.3. The summed E-state index contributed by atoms with van der Waals surface area (Å²) in [6.07, 6.45) is 2.82. The lowest BCUT2D eigenvalue weighted by Crippen LogP contribution is -2.42. The average Bonchev–Trinajstić information content (AvgIpc) is 2.72. The molecule has 7 nitrogen and oxygen atoms in total. The van der Waals surface area contributed by atoms with Crippen LogP contribution < -0.4 is 10.6 Å². The van der Waals surface area contributed by atoms with Crippen LogP contribution in [0.1, 0.15) is 17.5 Å². The van der Waals surface area contributed by atoms with Gasteiger partial charge in [0.2, 0.25) is 5.91 Å². The van der Waals surface area contributed by atoms with E-state index in [-0.39, 0.29) is 19.6 Å². The maximum Gasteiger partial charge on any atom is 0.407 e. The van der Waals surface area contributed by atoms with Gasteiger partial charge in [0.25, 0.3) is 0 Å². The zero-order valence-corrected chi connectivity index (χ0v) is 15.9. The number of carboxylic acid groups (broad SMARTS) is 1. The molecular formula is C22H24N2O5. The van der Waals surface area contributed by atoms with Crippen molar-refractivity contribution in [3.05, 3.63) is 83.9 Å². The van der Waals surface area contributed by atoms with E-state index in [4.69, 9.17) is 9.84 Å². The van der Waals surface area contributed by atoms with E-state index in [1.165, 1.54) is 6.08 Å². The highest BCUT2D eigenvalue weighted by Crippen LogP contribution is 2.05. The van der Waals surface area contributed by atoms with Crippen LogP contribution in [0.5, 0.6) is 0 Å². The van der Waals surface area contributed by atoms with Crippen molar-refractivity contribution in [2.45, 2.75) is 25.5 Å². The minimum atomic E-state index is -0.950. The lowest BCUT2D eigenvalue weighted by atomic mass is 10.1. The van der Waals surface area contributed by atoms with Crippen LogP contribution in [0.15, 0.2) is 72.8 Å². The molecule has 0 aliphatic carbocycles. The fraction of sp³-hybridized carbons (Fsp3) is 0.227. The maximum atomic E-state index is 12.2. The Balaban J connectivity index is 1.81. The topological polar surface area (TPSA) is 105 Å². The minimum absolute atomic E-state index is 0.114. The van der Waals surface area contributed by atoms with Gasteiger partial charge in [-0.3, -0.25) is 9.59 Å². The molecule has 7 heteroatoms. The largest absolute Gasteiger partial charge is 0.481 e. The summed E-state index contributed by atoms with van der Waals surface area (Å²) in [5.41, 5.74) is 1.84. The Morgan fingerprint density at radius 2 is 1.59 bits per heavy atom. The van der Waals surface area contributed by atoms with Gasteiger partial charge in [-0.15, -0.1) is 0 Å². The molecule has 152 valence electrons. The average molecular weight is 396 g/mol. The monoisotopic (exact) mass is 396 g/mol. The van der Waals surface area contributed by atoms with E-state index < -0.39 is 24.0 Å².